The molecule has 2 N–H and O–H groups in total. The van der Waals surface area contributed by atoms with Crippen molar-refractivity contribution in [2.45, 2.75) is 26.4 Å². The summed E-state index contributed by atoms with van der Waals surface area (Å²) in [6, 6.07) is 3.28. The van der Waals surface area contributed by atoms with E-state index in [-0.39, 0.29) is 23.6 Å². The smallest absolute Gasteiger partial charge is 0.286 e. The van der Waals surface area contributed by atoms with Crippen LogP contribution in [0.15, 0.2) is 16.5 Å². The van der Waals surface area contributed by atoms with Crippen molar-refractivity contribution in [2.24, 2.45) is 11.8 Å². The first-order chi connectivity index (χ1) is 11.6. The number of carbonyl (C=O) groups excluding carboxylic acids is 1. The molecule has 1 aliphatic heterocycles. The van der Waals surface area contributed by atoms with Crippen LogP contribution in [0.25, 0.3) is 0 Å². The number of likely N-dealkylation sites (tertiary alicyclic amines) is 1. The number of rotatable bonds is 7. The first-order valence-electron chi connectivity index (χ1n) is 8.37. The van der Waals surface area contributed by atoms with Gasteiger partial charge in [0, 0.05) is 40.3 Å². The summed E-state index contributed by atoms with van der Waals surface area (Å²) in [5.41, 5.74) is 0. The van der Waals surface area contributed by atoms with Gasteiger partial charge in [-0.15, -0.1) is 0 Å². The molecule has 9 heteroatoms. The maximum absolute atomic E-state index is 12.2. The Hall–Kier alpha value is -1.42. The van der Waals surface area contributed by atoms with Gasteiger partial charge in [0.05, 0.1) is 6.54 Å². The lowest BCUT2D eigenvalue weighted by Gasteiger charge is -2.24. The topological polar surface area (TPSA) is 94.9 Å². The molecule has 2 heterocycles. The molecule has 0 bridgehead atoms. The number of hydrogen-bond donors (Lipinski definition) is 2. The molecule has 1 amide bonds. The quantitative estimate of drug-likeness (QED) is 0.726. The molecule has 1 fully saturated rings. The molecule has 1 aliphatic rings. The monoisotopic (exact) mass is 372 g/mol. The fraction of sp³-hybridized carbons (Fsp3) is 0.688. The first-order valence-corrected chi connectivity index (χ1v) is 9.81. The molecule has 142 valence electrons. The number of nitrogens with one attached hydrogen (secondary N) is 2. The average Bonchev–Trinajstić information content (AvgIpc) is 3.13. The van der Waals surface area contributed by atoms with Crippen molar-refractivity contribution < 1.29 is 17.6 Å². The highest BCUT2D eigenvalue weighted by Crippen LogP contribution is 2.26. The van der Waals surface area contributed by atoms with E-state index in [1.165, 1.54) is 18.4 Å². The first kappa shape index (κ1) is 19.9. The molecule has 25 heavy (non-hydrogen) atoms. The Labute approximate surface area is 149 Å². The molecule has 0 spiro atoms. The molecule has 2 rings (SSSR count). The SMILES string of the molecule is CNC(=O)c1ccc(CN2C[C@@H](NS(=O)(=O)N(C)C)[C@H](C(C)C)C2)o1. The minimum absolute atomic E-state index is 0.152. The van der Waals surface area contributed by atoms with Crippen molar-refractivity contribution in [1.29, 1.82) is 0 Å². The number of hydrogen-bond acceptors (Lipinski definition) is 5. The second-order valence-electron chi connectivity index (χ2n) is 6.96. The van der Waals surface area contributed by atoms with Gasteiger partial charge >= 0.3 is 0 Å². The lowest BCUT2D eigenvalue weighted by molar-refractivity contribution is 0.0932. The van der Waals surface area contributed by atoms with Crippen LogP contribution in [0.1, 0.15) is 30.2 Å². The molecule has 0 unspecified atom stereocenters. The van der Waals surface area contributed by atoms with Crippen LogP contribution in [0.5, 0.6) is 0 Å². The summed E-state index contributed by atoms with van der Waals surface area (Å²) in [7, 11) is 1.11. The Morgan fingerprint density at radius 2 is 2.04 bits per heavy atom. The molecule has 1 aromatic rings. The minimum Gasteiger partial charge on any atom is -0.455 e. The average molecular weight is 372 g/mol. The van der Waals surface area contributed by atoms with Gasteiger partial charge in [-0.3, -0.25) is 9.69 Å². The minimum atomic E-state index is -3.47. The van der Waals surface area contributed by atoms with Crippen molar-refractivity contribution in [3.63, 3.8) is 0 Å². The van der Waals surface area contributed by atoms with E-state index in [1.54, 1.807) is 19.2 Å². The zero-order valence-electron chi connectivity index (χ0n) is 15.4. The van der Waals surface area contributed by atoms with Crippen molar-refractivity contribution in [3.05, 3.63) is 23.7 Å². The van der Waals surface area contributed by atoms with Crippen LogP contribution in [0, 0.1) is 11.8 Å². The zero-order chi connectivity index (χ0) is 18.8. The highest BCUT2D eigenvalue weighted by atomic mass is 32.2. The van der Waals surface area contributed by atoms with Gasteiger partial charge in [0.15, 0.2) is 5.76 Å². The molecule has 0 radical (unpaired) electrons. The van der Waals surface area contributed by atoms with Crippen LogP contribution in [-0.4, -0.2) is 63.8 Å². The predicted molar refractivity (Wildman–Crippen MR) is 95.2 cm³/mol. The summed E-state index contributed by atoms with van der Waals surface area (Å²) < 4.78 is 33.9. The number of carbonyl (C=O) groups is 1. The summed E-state index contributed by atoms with van der Waals surface area (Å²) in [5.74, 6) is 1.27. The fourth-order valence-corrected chi connectivity index (χ4v) is 3.91. The van der Waals surface area contributed by atoms with E-state index < -0.39 is 10.2 Å². The lowest BCUT2D eigenvalue weighted by atomic mass is 9.92. The van der Waals surface area contributed by atoms with Crippen LogP contribution in [-0.2, 0) is 16.8 Å². The van der Waals surface area contributed by atoms with E-state index >= 15 is 0 Å². The second kappa shape index (κ2) is 7.86. The Morgan fingerprint density at radius 1 is 1.36 bits per heavy atom. The summed E-state index contributed by atoms with van der Waals surface area (Å²) >= 11 is 0. The Bertz CT molecular complexity index is 699. The largest absolute Gasteiger partial charge is 0.455 e. The molecular formula is C16H28N4O4S. The van der Waals surface area contributed by atoms with Crippen LogP contribution in [0.4, 0.5) is 0 Å². The lowest BCUT2D eigenvalue weighted by Crippen LogP contribution is -2.46. The van der Waals surface area contributed by atoms with Gasteiger partial charge in [-0.05, 0) is 24.0 Å². The third kappa shape index (κ3) is 4.81. The van der Waals surface area contributed by atoms with Gasteiger partial charge in [-0.2, -0.15) is 17.4 Å². The van der Waals surface area contributed by atoms with E-state index in [0.717, 1.165) is 6.54 Å². The zero-order valence-corrected chi connectivity index (χ0v) is 16.3. The van der Waals surface area contributed by atoms with E-state index in [4.69, 9.17) is 4.42 Å². The van der Waals surface area contributed by atoms with E-state index in [9.17, 15) is 13.2 Å². The highest BCUT2D eigenvalue weighted by molar-refractivity contribution is 7.87. The normalized spacial score (nSPS) is 22.0. The van der Waals surface area contributed by atoms with Gasteiger partial charge in [0.25, 0.3) is 16.1 Å². The summed E-state index contributed by atoms with van der Waals surface area (Å²) in [4.78, 5) is 13.7. The van der Waals surface area contributed by atoms with Gasteiger partial charge < -0.3 is 9.73 Å². The molecule has 0 saturated carbocycles. The van der Waals surface area contributed by atoms with E-state index in [0.29, 0.717) is 24.8 Å². The predicted octanol–water partition coefficient (Wildman–Crippen LogP) is 0.492. The van der Waals surface area contributed by atoms with Crippen LogP contribution in [0.3, 0.4) is 0 Å². The second-order valence-corrected chi connectivity index (χ2v) is 8.87. The van der Waals surface area contributed by atoms with Gasteiger partial charge in [0.1, 0.15) is 5.76 Å². The van der Waals surface area contributed by atoms with E-state index in [2.05, 4.69) is 28.8 Å². The van der Waals surface area contributed by atoms with Gasteiger partial charge in [0.2, 0.25) is 0 Å². The van der Waals surface area contributed by atoms with Crippen molar-refractivity contribution in [3.8, 4) is 0 Å². The van der Waals surface area contributed by atoms with E-state index in [1.807, 2.05) is 0 Å². The molecule has 2 atom stereocenters. The summed E-state index contributed by atoms with van der Waals surface area (Å²) in [6.45, 7) is 6.12. The van der Waals surface area contributed by atoms with Gasteiger partial charge in [-0.25, -0.2) is 0 Å². The molecule has 0 aliphatic carbocycles. The number of amides is 1. The van der Waals surface area contributed by atoms with Gasteiger partial charge in [-0.1, -0.05) is 13.8 Å². The third-order valence-electron chi connectivity index (χ3n) is 4.57. The fourth-order valence-electron chi connectivity index (χ4n) is 3.07. The Balaban J connectivity index is 2.06. The van der Waals surface area contributed by atoms with Crippen molar-refractivity contribution >= 4 is 16.1 Å². The highest BCUT2D eigenvalue weighted by Gasteiger charge is 2.37. The molecule has 1 aromatic heterocycles. The maximum atomic E-state index is 12.2. The molecular weight excluding hydrogens is 344 g/mol. The molecule has 0 aromatic carbocycles. The summed E-state index contributed by atoms with van der Waals surface area (Å²) in [6.07, 6.45) is 0. The summed E-state index contributed by atoms with van der Waals surface area (Å²) in [5, 5.41) is 2.53. The van der Waals surface area contributed by atoms with Crippen LogP contribution in [0.2, 0.25) is 0 Å². The third-order valence-corrected chi connectivity index (χ3v) is 6.13. The van der Waals surface area contributed by atoms with Crippen molar-refractivity contribution in [2.75, 3.05) is 34.2 Å². The van der Waals surface area contributed by atoms with Crippen LogP contribution >= 0.6 is 0 Å². The molecule has 1 saturated heterocycles. The number of nitrogens with zero attached hydrogens (tertiary/aromatic N) is 2. The standard InChI is InChI=1S/C16H28N4O4S/c1-11(2)13-9-20(10-14(13)18-25(22,23)19(4)5)8-12-6-7-15(24-12)16(21)17-3/h6-7,11,13-14,18H,8-10H2,1-5H3,(H,17,21)/t13-,14+/m0/s1. The maximum Gasteiger partial charge on any atom is 0.286 e. The van der Waals surface area contributed by atoms with Crippen molar-refractivity contribution in [1.82, 2.24) is 19.2 Å². The Kier molecular flexibility index (Phi) is 6.26. The molecule has 8 nitrogen and oxygen atoms in total. The Morgan fingerprint density at radius 3 is 2.60 bits per heavy atom. The van der Waals surface area contributed by atoms with Crippen LogP contribution < -0.4 is 10.0 Å². The number of furan rings is 1.